The molecule has 0 saturated heterocycles. The van der Waals surface area contributed by atoms with Gasteiger partial charge in [-0.3, -0.25) is 0 Å². The SMILES string of the molecule is CCNc1cc(C)nc2nc[nH]c12.OC1CC2CC2C1O. The smallest absolute Gasteiger partial charge is 0.179 e. The lowest BCUT2D eigenvalue weighted by atomic mass is 10.2. The van der Waals surface area contributed by atoms with E-state index in [9.17, 15) is 0 Å². The van der Waals surface area contributed by atoms with Gasteiger partial charge in [-0.15, -0.1) is 0 Å². The Balaban J connectivity index is 0.000000140. The highest BCUT2D eigenvalue weighted by Gasteiger charge is 2.52. The number of pyridine rings is 1. The number of aryl methyl sites for hydroxylation is 1. The molecular formula is C15H22N4O2. The van der Waals surface area contributed by atoms with Crippen LogP contribution in [0.4, 0.5) is 5.69 Å². The number of nitrogens with one attached hydrogen (secondary N) is 2. The number of hydrogen-bond acceptors (Lipinski definition) is 5. The zero-order chi connectivity index (χ0) is 15.0. The van der Waals surface area contributed by atoms with Crippen LogP contribution in [0, 0.1) is 18.8 Å². The number of aromatic amines is 1. The summed E-state index contributed by atoms with van der Waals surface area (Å²) in [7, 11) is 0. The molecule has 4 N–H and O–H groups in total. The molecule has 0 amide bonds. The van der Waals surface area contributed by atoms with Gasteiger partial charge in [0.1, 0.15) is 5.52 Å². The van der Waals surface area contributed by atoms with E-state index in [1.54, 1.807) is 6.33 Å². The summed E-state index contributed by atoms with van der Waals surface area (Å²) in [5.74, 6) is 1.13. The fourth-order valence-electron chi connectivity index (χ4n) is 3.08. The average Bonchev–Trinajstić information content (AvgIpc) is 2.93. The normalized spacial score (nSPS) is 29.7. The fourth-order valence-corrected chi connectivity index (χ4v) is 3.08. The molecule has 4 atom stereocenters. The van der Waals surface area contributed by atoms with E-state index in [-0.39, 0.29) is 6.10 Å². The molecule has 6 nitrogen and oxygen atoms in total. The number of aromatic nitrogens is 3. The van der Waals surface area contributed by atoms with Crippen molar-refractivity contribution in [2.75, 3.05) is 11.9 Å². The molecule has 0 bridgehead atoms. The number of anilines is 1. The standard InChI is InChI=1S/C9H12N4.C6H10O2/c1-3-10-7-4-6(2)13-9-8(7)11-5-12-9;7-5-2-3-1-4(3)6(5)8/h4-5H,3H2,1-2H3,(H2,10,11,12,13);3-8H,1-2H2. The third-order valence-electron chi connectivity index (χ3n) is 4.25. The fraction of sp³-hybridized carbons (Fsp3) is 0.600. The van der Waals surface area contributed by atoms with Gasteiger partial charge < -0.3 is 20.5 Å². The van der Waals surface area contributed by atoms with Gasteiger partial charge in [0.05, 0.1) is 24.2 Å². The highest BCUT2D eigenvalue weighted by molar-refractivity contribution is 5.85. The molecule has 114 valence electrons. The second-order valence-electron chi connectivity index (χ2n) is 5.90. The van der Waals surface area contributed by atoms with Crippen LogP contribution in [0.3, 0.4) is 0 Å². The van der Waals surface area contributed by atoms with Gasteiger partial charge >= 0.3 is 0 Å². The molecular weight excluding hydrogens is 268 g/mol. The minimum atomic E-state index is -0.404. The summed E-state index contributed by atoms with van der Waals surface area (Å²) in [6.45, 7) is 4.94. The van der Waals surface area contributed by atoms with Crippen LogP contribution in [-0.2, 0) is 0 Å². The average molecular weight is 290 g/mol. The van der Waals surface area contributed by atoms with Crippen LogP contribution in [0.2, 0.25) is 0 Å². The van der Waals surface area contributed by atoms with Crippen molar-refractivity contribution in [2.24, 2.45) is 11.8 Å². The minimum Gasteiger partial charge on any atom is -0.390 e. The van der Waals surface area contributed by atoms with Crippen molar-refractivity contribution < 1.29 is 10.2 Å². The van der Waals surface area contributed by atoms with Gasteiger partial charge in [-0.25, -0.2) is 9.97 Å². The molecule has 2 aromatic heterocycles. The van der Waals surface area contributed by atoms with Gasteiger partial charge in [-0.05, 0) is 44.6 Å². The van der Waals surface area contributed by atoms with Crippen LogP contribution in [-0.4, -0.2) is 43.9 Å². The third kappa shape index (κ3) is 2.87. The van der Waals surface area contributed by atoms with E-state index in [1.807, 2.05) is 13.0 Å². The number of imidazole rings is 1. The zero-order valence-electron chi connectivity index (χ0n) is 12.4. The molecule has 4 unspecified atom stereocenters. The van der Waals surface area contributed by atoms with E-state index >= 15 is 0 Å². The van der Waals surface area contributed by atoms with Gasteiger partial charge in [-0.1, -0.05) is 0 Å². The summed E-state index contributed by atoms with van der Waals surface area (Å²) in [6.07, 6.45) is 2.86. The van der Waals surface area contributed by atoms with Gasteiger partial charge in [0, 0.05) is 12.2 Å². The molecule has 21 heavy (non-hydrogen) atoms. The molecule has 2 aliphatic rings. The lowest BCUT2D eigenvalue weighted by Gasteiger charge is -2.08. The van der Waals surface area contributed by atoms with E-state index in [4.69, 9.17) is 10.2 Å². The lowest BCUT2D eigenvalue weighted by Crippen LogP contribution is -2.22. The summed E-state index contributed by atoms with van der Waals surface area (Å²) >= 11 is 0. The first kappa shape index (κ1) is 14.3. The molecule has 0 aromatic carbocycles. The largest absolute Gasteiger partial charge is 0.390 e. The van der Waals surface area contributed by atoms with E-state index < -0.39 is 6.10 Å². The second-order valence-corrected chi connectivity index (χ2v) is 5.90. The van der Waals surface area contributed by atoms with Crippen LogP contribution in [0.25, 0.3) is 11.2 Å². The second kappa shape index (κ2) is 5.61. The molecule has 2 saturated carbocycles. The van der Waals surface area contributed by atoms with Crippen LogP contribution >= 0.6 is 0 Å². The highest BCUT2D eigenvalue weighted by atomic mass is 16.3. The van der Waals surface area contributed by atoms with Gasteiger partial charge in [-0.2, -0.15) is 0 Å². The van der Waals surface area contributed by atoms with Crippen molar-refractivity contribution >= 4 is 16.9 Å². The van der Waals surface area contributed by atoms with Crippen molar-refractivity contribution in [1.29, 1.82) is 0 Å². The maximum absolute atomic E-state index is 9.06. The van der Waals surface area contributed by atoms with E-state index in [0.717, 1.165) is 41.9 Å². The van der Waals surface area contributed by atoms with E-state index in [1.165, 1.54) is 0 Å². The first-order valence-corrected chi connectivity index (χ1v) is 7.51. The number of rotatable bonds is 2. The number of fused-ring (bicyclic) bond motifs is 2. The number of hydrogen-bond donors (Lipinski definition) is 4. The van der Waals surface area contributed by atoms with Crippen molar-refractivity contribution in [1.82, 2.24) is 15.0 Å². The topological polar surface area (TPSA) is 94.1 Å². The van der Waals surface area contributed by atoms with Crippen LogP contribution in [0.5, 0.6) is 0 Å². The number of aliphatic hydroxyl groups excluding tert-OH is 2. The molecule has 2 heterocycles. The monoisotopic (exact) mass is 290 g/mol. The van der Waals surface area contributed by atoms with Crippen LogP contribution < -0.4 is 5.32 Å². The van der Waals surface area contributed by atoms with E-state index in [2.05, 4.69) is 27.2 Å². The summed E-state index contributed by atoms with van der Waals surface area (Å²) in [5.41, 5.74) is 3.81. The molecule has 2 aromatic rings. The third-order valence-corrected chi connectivity index (χ3v) is 4.25. The van der Waals surface area contributed by atoms with Gasteiger partial charge in [0.25, 0.3) is 0 Å². The molecule has 0 aliphatic heterocycles. The number of nitrogens with zero attached hydrogens (tertiary/aromatic N) is 2. The molecule has 6 heteroatoms. The van der Waals surface area contributed by atoms with Crippen LogP contribution in [0.15, 0.2) is 12.4 Å². The quantitative estimate of drug-likeness (QED) is 0.671. The van der Waals surface area contributed by atoms with Crippen molar-refractivity contribution in [3.63, 3.8) is 0 Å². The first-order valence-electron chi connectivity index (χ1n) is 7.51. The Kier molecular flexibility index (Phi) is 3.82. The molecule has 4 rings (SSSR count). The minimum absolute atomic E-state index is 0.389. The Morgan fingerprint density at radius 3 is 2.76 bits per heavy atom. The Bertz CT molecular complexity index is 625. The van der Waals surface area contributed by atoms with E-state index in [0.29, 0.717) is 11.8 Å². The van der Waals surface area contributed by atoms with Gasteiger partial charge in [0.15, 0.2) is 5.65 Å². The zero-order valence-corrected chi connectivity index (χ0v) is 12.4. The van der Waals surface area contributed by atoms with Crippen LogP contribution in [0.1, 0.15) is 25.5 Å². The predicted molar refractivity (Wildman–Crippen MR) is 81.0 cm³/mol. The summed E-state index contributed by atoms with van der Waals surface area (Å²) in [5, 5.41) is 21.3. The maximum Gasteiger partial charge on any atom is 0.179 e. The Labute approximate surface area is 123 Å². The Morgan fingerprint density at radius 1 is 1.38 bits per heavy atom. The van der Waals surface area contributed by atoms with Crippen molar-refractivity contribution in [3.05, 3.63) is 18.1 Å². The van der Waals surface area contributed by atoms with Gasteiger partial charge in [0.2, 0.25) is 0 Å². The molecule has 2 aliphatic carbocycles. The summed E-state index contributed by atoms with van der Waals surface area (Å²) in [4.78, 5) is 11.5. The summed E-state index contributed by atoms with van der Waals surface area (Å²) in [6, 6.07) is 2.02. The lowest BCUT2D eigenvalue weighted by molar-refractivity contribution is 0.0252. The van der Waals surface area contributed by atoms with Crippen molar-refractivity contribution in [3.8, 4) is 0 Å². The molecule has 2 fully saturated rings. The number of H-pyrrole nitrogens is 1. The highest BCUT2D eigenvalue weighted by Crippen LogP contribution is 2.51. The first-order chi connectivity index (χ1) is 10.1. The Hall–Kier alpha value is -1.66. The summed E-state index contributed by atoms with van der Waals surface area (Å²) < 4.78 is 0. The maximum atomic E-state index is 9.06. The molecule has 0 spiro atoms. The number of aliphatic hydroxyl groups is 2. The molecule has 0 radical (unpaired) electrons. The van der Waals surface area contributed by atoms with Crippen molar-refractivity contribution in [2.45, 2.75) is 38.9 Å². The Morgan fingerprint density at radius 2 is 2.19 bits per heavy atom. The predicted octanol–water partition coefficient (Wildman–Crippen LogP) is 1.45.